The molecule has 26 heavy (non-hydrogen) atoms. The number of likely N-dealkylation sites (tertiary alicyclic amines) is 1. The zero-order valence-corrected chi connectivity index (χ0v) is 15.5. The first kappa shape index (κ1) is 19.8. The number of nitrogens with zero attached hydrogens (tertiary/aromatic N) is 1. The smallest absolute Gasteiger partial charge is 0.226 e. The molecule has 1 fully saturated rings. The third-order valence-corrected chi connectivity index (χ3v) is 4.47. The van der Waals surface area contributed by atoms with Crippen molar-refractivity contribution < 1.29 is 23.8 Å². The lowest BCUT2D eigenvalue weighted by Gasteiger charge is -2.28. The Hall–Kier alpha value is -2.54. The molecule has 1 aliphatic heterocycles. The van der Waals surface area contributed by atoms with E-state index in [0.29, 0.717) is 31.2 Å². The van der Waals surface area contributed by atoms with Crippen molar-refractivity contribution in [2.24, 2.45) is 5.92 Å². The van der Waals surface area contributed by atoms with Gasteiger partial charge in [-0.1, -0.05) is 12.1 Å². The van der Waals surface area contributed by atoms with E-state index in [4.69, 9.17) is 14.2 Å². The first-order valence-electron chi connectivity index (χ1n) is 8.46. The van der Waals surface area contributed by atoms with Crippen LogP contribution in [0.4, 0.5) is 0 Å². The zero-order chi connectivity index (χ0) is 19.1. The molecule has 0 unspecified atom stereocenters. The molecule has 142 valence electrons. The summed E-state index contributed by atoms with van der Waals surface area (Å²) in [6.45, 7) is 4.79. The molecule has 0 saturated carbocycles. The molecule has 2 rings (SSSR count). The molecule has 0 radical (unpaired) electrons. The summed E-state index contributed by atoms with van der Waals surface area (Å²) < 4.78 is 15.8. The largest absolute Gasteiger partial charge is 0.493 e. The standard InChI is InChI=1S/C19H26N2O5/c1-5-8-20-19(23)14-12-17(22)21(9-10-24-2)18(14)13-6-7-15(25-3)16(11-13)26-4/h5-7,11,14,18H,1,8-10,12H2,2-4H3,(H,20,23)/t14-,18+/m1/s1. The predicted molar refractivity (Wildman–Crippen MR) is 97.2 cm³/mol. The van der Waals surface area contributed by atoms with Gasteiger partial charge in [-0.3, -0.25) is 9.59 Å². The normalized spacial score (nSPS) is 19.3. The van der Waals surface area contributed by atoms with Crippen LogP contribution in [0.2, 0.25) is 0 Å². The van der Waals surface area contributed by atoms with Crippen molar-refractivity contribution in [3.63, 3.8) is 0 Å². The second-order valence-corrected chi connectivity index (χ2v) is 5.98. The maximum atomic E-state index is 12.6. The molecule has 2 atom stereocenters. The van der Waals surface area contributed by atoms with Crippen LogP contribution >= 0.6 is 0 Å². The van der Waals surface area contributed by atoms with E-state index < -0.39 is 5.92 Å². The Kier molecular flexibility index (Phi) is 7.03. The number of hydrogen-bond donors (Lipinski definition) is 1. The van der Waals surface area contributed by atoms with E-state index in [1.807, 2.05) is 12.1 Å². The average molecular weight is 362 g/mol. The monoisotopic (exact) mass is 362 g/mol. The first-order valence-corrected chi connectivity index (χ1v) is 8.46. The Bertz CT molecular complexity index is 661. The van der Waals surface area contributed by atoms with Crippen molar-refractivity contribution in [2.75, 3.05) is 41.0 Å². The summed E-state index contributed by atoms with van der Waals surface area (Å²) in [5.41, 5.74) is 0.823. The Morgan fingerprint density at radius 2 is 2.04 bits per heavy atom. The number of carbonyl (C=O) groups excluding carboxylic acids is 2. The van der Waals surface area contributed by atoms with Gasteiger partial charge in [0.25, 0.3) is 0 Å². The van der Waals surface area contributed by atoms with Gasteiger partial charge in [0, 0.05) is 26.6 Å². The van der Waals surface area contributed by atoms with Crippen molar-refractivity contribution in [3.8, 4) is 11.5 Å². The molecular formula is C19H26N2O5. The lowest BCUT2D eigenvalue weighted by molar-refractivity contribution is -0.129. The maximum Gasteiger partial charge on any atom is 0.226 e. The summed E-state index contributed by atoms with van der Waals surface area (Å²) in [5, 5.41) is 2.80. The van der Waals surface area contributed by atoms with Gasteiger partial charge < -0.3 is 24.4 Å². The highest BCUT2D eigenvalue weighted by molar-refractivity contribution is 5.90. The summed E-state index contributed by atoms with van der Waals surface area (Å²) in [5.74, 6) is 0.425. The van der Waals surface area contributed by atoms with E-state index in [0.717, 1.165) is 5.56 Å². The minimum absolute atomic E-state index is 0.0689. The quantitative estimate of drug-likeness (QED) is 0.675. The molecule has 7 nitrogen and oxygen atoms in total. The fraction of sp³-hybridized carbons (Fsp3) is 0.474. The molecule has 0 aromatic heterocycles. The molecule has 1 saturated heterocycles. The summed E-state index contributed by atoms with van der Waals surface area (Å²) in [6, 6.07) is 5.07. The number of methoxy groups -OCH3 is 3. The van der Waals surface area contributed by atoms with E-state index in [9.17, 15) is 9.59 Å². The molecule has 0 spiro atoms. The van der Waals surface area contributed by atoms with E-state index >= 15 is 0 Å². The lowest BCUT2D eigenvalue weighted by Crippen LogP contribution is -2.37. The van der Waals surface area contributed by atoms with Gasteiger partial charge in [-0.25, -0.2) is 0 Å². The van der Waals surface area contributed by atoms with Gasteiger partial charge in [-0.15, -0.1) is 6.58 Å². The number of ether oxygens (including phenoxy) is 3. The minimum Gasteiger partial charge on any atom is -0.493 e. The average Bonchev–Trinajstić information content (AvgIpc) is 3.00. The van der Waals surface area contributed by atoms with Crippen LogP contribution in [0.1, 0.15) is 18.0 Å². The Morgan fingerprint density at radius 3 is 2.65 bits per heavy atom. The van der Waals surface area contributed by atoms with E-state index in [2.05, 4.69) is 11.9 Å². The van der Waals surface area contributed by atoms with E-state index in [-0.39, 0.29) is 24.3 Å². The molecule has 2 amide bonds. The van der Waals surface area contributed by atoms with Crippen LogP contribution in [0.3, 0.4) is 0 Å². The summed E-state index contributed by atoms with van der Waals surface area (Å²) in [4.78, 5) is 26.8. The number of nitrogens with one attached hydrogen (secondary N) is 1. The molecule has 1 heterocycles. The fourth-order valence-electron chi connectivity index (χ4n) is 3.23. The van der Waals surface area contributed by atoms with Crippen LogP contribution in [-0.2, 0) is 14.3 Å². The van der Waals surface area contributed by atoms with Crippen LogP contribution in [0.15, 0.2) is 30.9 Å². The van der Waals surface area contributed by atoms with Gasteiger partial charge in [0.1, 0.15) is 0 Å². The number of carbonyl (C=O) groups is 2. The van der Waals surface area contributed by atoms with Gasteiger partial charge in [-0.05, 0) is 17.7 Å². The van der Waals surface area contributed by atoms with Crippen LogP contribution < -0.4 is 14.8 Å². The van der Waals surface area contributed by atoms with Gasteiger partial charge >= 0.3 is 0 Å². The SMILES string of the molecule is C=CCNC(=O)[C@@H]1CC(=O)N(CCOC)[C@H]1c1ccc(OC)c(OC)c1. The number of benzene rings is 1. The first-order chi connectivity index (χ1) is 12.6. The summed E-state index contributed by atoms with van der Waals surface area (Å²) >= 11 is 0. The van der Waals surface area contributed by atoms with Crippen LogP contribution in [-0.4, -0.2) is 57.7 Å². The van der Waals surface area contributed by atoms with Gasteiger partial charge in [0.2, 0.25) is 11.8 Å². The second-order valence-electron chi connectivity index (χ2n) is 5.98. The van der Waals surface area contributed by atoms with Crippen LogP contribution in [0.5, 0.6) is 11.5 Å². The highest BCUT2D eigenvalue weighted by Crippen LogP contribution is 2.41. The van der Waals surface area contributed by atoms with Crippen molar-refractivity contribution in [2.45, 2.75) is 12.5 Å². The molecular weight excluding hydrogens is 336 g/mol. The minimum atomic E-state index is -0.489. The predicted octanol–water partition coefficient (Wildman–Crippen LogP) is 1.54. The van der Waals surface area contributed by atoms with Crippen molar-refractivity contribution in [1.82, 2.24) is 10.2 Å². The van der Waals surface area contributed by atoms with Crippen molar-refractivity contribution in [3.05, 3.63) is 36.4 Å². The highest BCUT2D eigenvalue weighted by atomic mass is 16.5. The molecule has 0 aliphatic carbocycles. The number of amides is 2. The molecule has 0 bridgehead atoms. The van der Waals surface area contributed by atoms with Gasteiger partial charge in [0.15, 0.2) is 11.5 Å². The summed E-state index contributed by atoms with van der Waals surface area (Å²) in [7, 11) is 4.70. The lowest BCUT2D eigenvalue weighted by atomic mass is 9.92. The van der Waals surface area contributed by atoms with Gasteiger partial charge in [-0.2, -0.15) is 0 Å². The highest BCUT2D eigenvalue weighted by Gasteiger charge is 2.44. The van der Waals surface area contributed by atoms with Crippen molar-refractivity contribution in [1.29, 1.82) is 0 Å². The molecule has 1 aromatic carbocycles. The third-order valence-electron chi connectivity index (χ3n) is 4.47. The van der Waals surface area contributed by atoms with E-state index in [1.54, 1.807) is 38.4 Å². The Morgan fingerprint density at radius 1 is 1.31 bits per heavy atom. The van der Waals surface area contributed by atoms with Crippen LogP contribution in [0.25, 0.3) is 0 Å². The zero-order valence-electron chi connectivity index (χ0n) is 15.5. The van der Waals surface area contributed by atoms with Crippen molar-refractivity contribution >= 4 is 11.8 Å². The maximum absolute atomic E-state index is 12.6. The summed E-state index contributed by atoms with van der Waals surface area (Å²) in [6.07, 6.45) is 1.77. The Labute approximate surface area is 153 Å². The molecule has 7 heteroatoms. The second kappa shape index (κ2) is 9.24. The number of rotatable bonds is 9. The Balaban J connectivity index is 2.39. The van der Waals surface area contributed by atoms with Gasteiger partial charge in [0.05, 0.1) is 32.8 Å². The van der Waals surface area contributed by atoms with E-state index in [1.165, 1.54) is 0 Å². The fourth-order valence-corrected chi connectivity index (χ4v) is 3.23. The van der Waals surface area contributed by atoms with Crippen LogP contribution in [0, 0.1) is 5.92 Å². The molecule has 1 aliphatic rings. The topological polar surface area (TPSA) is 77.1 Å². The number of hydrogen-bond acceptors (Lipinski definition) is 5. The molecule has 1 N–H and O–H groups in total. The third kappa shape index (κ3) is 4.16. The molecule has 1 aromatic rings.